The zero-order valence-corrected chi connectivity index (χ0v) is 12.4. The quantitative estimate of drug-likeness (QED) is 0.751. The normalized spacial score (nSPS) is 10.7. The van der Waals surface area contributed by atoms with Crippen molar-refractivity contribution in [2.45, 2.75) is 19.9 Å². The number of nitrogens with zero attached hydrogens (tertiary/aromatic N) is 3. The van der Waals surface area contributed by atoms with Gasteiger partial charge in [0.25, 0.3) is 0 Å². The average molecular weight is 294 g/mol. The van der Waals surface area contributed by atoms with Crippen LogP contribution in [0.1, 0.15) is 23.7 Å². The molecule has 3 aromatic rings. The molecule has 2 aromatic heterocycles. The highest BCUT2D eigenvalue weighted by Gasteiger charge is 2.09. The molecule has 0 aliphatic heterocycles. The third-order valence-corrected chi connectivity index (χ3v) is 3.90. The molecule has 5 heteroatoms. The zero-order valence-electron chi connectivity index (χ0n) is 11.6. The number of hydrogen-bond donors (Lipinski definition) is 1. The molecular weight excluding hydrogens is 280 g/mol. The summed E-state index contributed by atoms with van der Waals surface area (Å²) in [5.74, 6) is 0. The Hall–Kier alpha value is -2.45. The van der Waals surface area contributed by atoms with E-state index in [1.807, 2.05) is 22.8 Å². The Bertz CT molecular complexity index is 899. The van der Waals surface area contributed by atoms with Crippen molar-refractivity contribution >= 4 is 23.3 Å². The summed E-state index contributed by atoms with van der Waals surface area (Å²) < 4.78 is 2.64. The maximum atomic E-state index is 9.06. The van der Waals surface area contributed by atoms with Crippen molar-refractivity contribution < 1.29 is 0 Å². The van der Waals surface area contributed by atoms with Gasteiger partial charge in [-0.25, -0.2) is 0 Å². The summed E-state index contributed by atoms with van der Waals surface area (Å²) in [5.41, 5.74) is 4.73. The number of fused-ring (bicyclic) bond motifs is 1. The molecule has 0 bridgehead atoms. The lowest BCUT2D eigenvalue weighted by Crippen LogP contribution is -2.05. The Labute approximate surface area is 127 Å². The predicted molar refractivity (Wildman–Crippen MR) is 84.6 cm³/mol. The van der Waals surface area contributed by atoms with Gasteiger partial charge in [-0.15, -0.1) is 0 Å². The van der Waals surface area contributed by atoms with E-state index in [-0.39, 0.29) is 0 Å². The monoisotopic (exact) mass is 294 g/mol. The lowest BCUT2D eigenvalue weighted by molar-refractivity contribution is 0.771. The van der Waals surface area contributed by atoms with Crippen LogP contribution in [0.15, 0.2) is 36.5 Å². The van der Waals surface area contributed by atoms with E-state index in [2.05, 4.69) is 29.0 Å². The third kappa shape index (κ3) is 2.46. The summed E-state index contributed by atoms with van der Waals surface area (Å²) in [4.78, 5) is 7.65. The molecule has 1 aromatic carbocycles. The van der Waals surface area contributed by atoms with Crippen LogP contribution in [0.25, 0.3) is 11.0 Å². The van der Waals surface area contributed by atoms with Crippen LogP contribution in [0.2, 0.25) is 0 Å². The summed E-state index contributed by atoms with van der Waals surface area (Å²) in [6.45, 7) is 2.72. The number of hydrogen-bond acceptors (Lipinski definition) is 3. The van der Waals surface area contributed by atoms with Crippen LogP contribution in [-0.4, -0.2) is 14.5 Å². The van der Waals surface area contributed by atoms with Crippen molar-refractivity contribution in [1.29, 1.82) is 5.26 Å². The van der Waals surface area contributed by atoms with Gasteiger partial charge in [0.05, 0.1) is 34.9 Å². The first-order valence-electron chi connectivity index (χ1n) is 6.78. The Morgan fingerprint density at radius 1 is 1.38 bits per heavy atom. The van der Waals surface area contributed by atoms with Crippen molar-refractivity contribution in [3.8, 4) is 6.07 Å². The fourth-order valence-corrected chi connectivity index (χ4v) is 2.74. The first-order valence-corrected chi connectivity index (χ1v) is 7.19. The van der Waals surface area contributed by atoms with E-state index in [9.17, 15) is 0 Å². The van der Waals surface area contributed by atoms with Crippen LogP contribution in [0, 0.1) is 16.1 Å². The van der Waals surface area contributed by atoms with Crippen LogP contribution in [0.4, 0.5) is 0 Å². The molecule has 0 amide bonds. The lowest BCUT2D eigenvalue weighted by atomic mass is 10.1. The van der Waals surface area contributed by atoms with Crippen molar-refractivity contribution in [1.82, 2.24) is 14.5 Å². The van der Waals surface area contributed by atoms with Gasteiger partial charge in [0.2, 0.25) is 0 Å². The number of aromatic amines is 1. The third-order valence-electron chi connectivity index (χ3n) is 3.58. The van der Waals surface area contributed by atoms with Gasteiger partial charge in [-0.3, -0.25) is 4.98 Å². The molecule has 0 spiro atoms. The molecular formula is C16H14N4S. The molecule has 21 heavy (non-hydrogen) atoms. The topological polar surface area (TPSA) is 57.4 Å². The molecule has 0 aliphatic rings. The Morgan fingerprint density at radius 3 is 3.00 bits per heavy atom. The zero-order chi connectivity index (χ0) is 14.8. The number of aromatic nitrogens is 3. The highest BCUT2D eigenvalue weighted by molar-refractivity contribution is 7.71. The maximum Gasteiger partial charge on any atom is 0.178 e. The number of imidazole rings is 1. The van der Waals surface area contributed by atoms with Gasteiger partial charge in [0.15, 0.2) is 4.77 Å². The lowest BCUT2D eigenvalue weighted by Gasteiger charge is -2.08. The fraction of sp³-hybridized carbons (Fsp3) is 0.188. The number of aryl methyl sites for hydroxylation is 1. The SMILES string of the molecule is CCc1cccnc1Cn1c(=S)[nH]c2ccc(C#N)cc21. The summed E-state index contributed by atoms with van der Waals surface area (Å²) in [7, 11) is 0. The van der Waals surface area contributed by atoms with Crippen LogP contribution in [-0.2, 0) is 13.0 Å². The number of H-pyrrole nitrogens is 1. The largest absolute Gasteiger partial charge is 0.331 e. The van der Waals surface area contributed by atoms with Gasteiger partial charge in [-0.1, -0.05) is 13.0 Å². The van der Waals surface area contributed by atoms with Gasteiger partial charge >= 0.3 is 0 Å². The highest BCUT2D eigenvalue weighted by Crippen LogP contribution is 2.18. The molecule has 0 radical (unpaired) electrons. The molecule has 0 saturated carbocycles. The summed E-state index contributed by atoms with van der Waals surface area (Å²) in [6, 6.07) is 11.7. The van der Waals surface area contributed by atoms with Gasteiger partial charge in [-0.2, -0.15) is 5.26 Å². The highest BCUT2D eigenvalue weighted by atomic mass is 32.1. The first-order chi connectivity index (χ1) is 10.2. The molecule has 0 fully saturated rings. The number of pyridine rings is 1. The van der Waals surface area contributed by atoms with Crippen molar-refractivity contribution in [2.75, 3.05) is 0 Å². The van der Waals surface area contributed by atoms with Crippen molar-refractivity contribution in [3.63, 3.8) is 0 Å². The van der Waals surface area contributed by atoms with E-state index in [1.165, 1.54) is 5.56 Å². The second-order valence-corrected chi connectivity index (χ2v) is 5.21. The molecule has 0 atom stereocenters. The van der Waals surface area contributed by atoms with Gasteiger partial charge < -0.3 is 9.55 Å². The van der Waals surface area contributed by atoms with Gasteiger partial charge in [0, 0.05) is 6.20 Å². The van der Waals surface area contributed by atoms with E-state index in [4.69, 9.17) is 17.5 Å². The standard InChI is InChI=1S/C16H14N4S/c1-2-12-4-3-7-18-14(12)10-20-15-8-11(9-17)5-6-13(15)19-16(20)21/h3-8H,2,10H2,1H3,(H,19,21). The minimum absolute atomic E-state index is 0.609. The molecule has 2 heterocycles. The van der Waals surface area contributed by atoms with E-state index >= 15 is 0 Å². The van der Waals surface area contributed by atoms with Crippen LogP contribution < -0.4 is 0 Å². The minimum atomic E-state index is 0.609. The van der Waals surface area contributed by atoms with Crippen LogP contribution in [0.5, 0.6) is 0 Å². The minimum Gasteiger partial charge on any atom is -0.331 e. The van der Waals surface area contributed by atoms with Gasteiger partial charge in [0.1, 0.15) is 0 Å². The Balaban J connectivity index is 2.14. The molecule has 3 rings (SSSR count). The van der Waals surface area contributed by atoms with Crippen LogP contribution in [0.3, 0.4) is 0 Å². The Kier molecular flexibility index (Phi) is 3.55. The second-order valence-electron chi connectivity index (χ2n) is 4.82. The van der Waals surface area contributed by atoms with E-state index in [1.54, 1.807) is 12.3 Å². The first kappa shape index (κ1) is 13.5. The number of nitriles is 1. The molecule has 1 N–H and O–H groups in total. The van der Waals surface area contributed by atoms with Gasteiger partial charge in [-0.05, 0) is 48.5 Å². The fourth-order valence-electron chi connectivity index (χ4n) is 2.46. The summed E-state index contributed by atoms with van der Waals surface area (Å²) in [5, 5.41) is 9.06. The maximum absolute atomic E-state index is 9.06. The predicted octanol–water partition coefficient (Wildman–Crippen LogP) is 3.58. The molecule has 0 unspecified atom stereocenters. The molecule has 0 saturated heterocycles. The smallest absolute Gasteiger partial charge is 0.178 e. The van der Waals surface area contributed by atoms with Crippen molar-refractivity contribution in [3.05, 3.63) is 58.1 Å². The Morgan fingerprint density at radius 2 is 2.24 bits per heavy atom. The van der Waals surface area contributed by atoms with E-state index in [0.29, 0.717) is 16.9 Å². The number of nitrogens with one attached hydrogen (secondary N) is 1. The van der Waals surface area contributed by atoms with Crippen molar-refractivity contribution in [2.24, 2.45) is 0 Å². The number of rotatable bonds is 3. The molecule has 104 valence electrons. The molecule has 4 nitrogen and oxygen atoms in total. The summed E-state index contributed by atoms with van der Waals surface area (Å²) in [6.07, 6.45) is 2.73. The van der Waals surface area contributed by atoms with Crippen LogP contribution >= 0.6 is 12.2 Å². The second kappa shape index (κ2) is 5.51. The number of benzene rings is 1. The molecule has 0 aliphatic carbocycles. The summed E-state index contributed by atoms with van der Waals surface area (Å²) >= 11 is 5.41. The average Bonchev–Trinajstić information content (AvgIpc) is 2.83. The van der Waals surface area contributed by atoms with E-state index in [0.717, 1.165) is 23.1 Å². The van der Waals surface area contributed by atoms with E-state index < -0.39 is 0 Å².